The van der Waals surface area contributed by atoms with Gasteiger partial charge >= 0.3 is 0 Å². The summed E-state index contributed by atoms with van der Waals surface area (Å²) in [5, 5.41) is 5.00. The van der Waals surface area contributed by atoms with Crippen molar-refractivity contribution in [2.45, 2.75) is 16.5 Å². The molecule has 1 heterocycles. The lowest BCUT2D eigenvalue weighted by molar-refractivity contribution is 0.828. The molecule has 0 unspecified atom stereocenters. The third-order valence-corrected chi connectivity index (χ3v) is 5.55. The first-order valence-electron chi connectivity index (χ1n) is 6.61. The van der Waals surface area contributed by atoms with Crippen LogP contribution in [0.5, 0.6) is 0 Å². The van der Waals surface area contributed by atoms with E-state index >= 15 is 0 Å². The fourth-order valence-electron chi connectivity index (χ4n) is 1.98. The topological polar surface area (TPSA) is 17.8 Å². The molecule has 0 aliphatic heterocycles. The molecule has 0 radical (unpaired) electrons. The van der Waals surface area contributed by atoms with Crippen LogP contribution in [-0.4, -0.2) is 9.78 Å². The van der Waals surface area contributed by atoms with Gasteiger partial charge in [0.25, 0.3) is 0 Å². The van der Waals surface area contributed by atoms with Gasteiger partial charge in [-0.2, -0.15) is 0 Å². The van der Waals surface area contributed by atoms with Gasteiger partial charge in [0.2, 0.25) is 0 Å². The third kappa shape index (κ3) is 3.43. The Bertz CT molecular complexity index is 763. The van der Waals surface area contributed by atoms with Crippen LogP contribution in [-0.2, 0) is 0 Å². The molecule has 21 heavy (non-hydrogen) atoms. The van der Waals surface area contributed by atoms with Gasteiger partial charge in [-0.1, -0.05) is 71.6 Å². The van der Waals surface area contributed by atoms with Crippen molar-refractivity contribution < 1.29 is 0 Å². The first-order valence-corrected chi connectivity index (χ1v) is 8.71. The second-order valence-electron chi connectivity index (χ2n) is 4.55. The molecule has 0 fully saturated rings. The number of benzene rings is 2. The second kappa shape index (κ2) is 6.56. The molecule has 0 saturated carbocycles. The highest BCUT2D eigenvalue weighted by Crippen LogP contribution is 2.36. The predicted molar refractivity (Wildman–Crippen MR) is 93.0 cm³/mol. The molecule has 0 bridgehead atoms. The second-order valence-corrected chi connectivity index (χ2v) is 7.76. The number of nitrogens with zero attached hydrogens (tertiary/aromatic N) is 2. The zero-order chi connectivity index (χ0) is 14.7. The van der Waals surface area contributed by atoms with E-state index < -0.39 is 0 Å². The number of hydrogen-bond donors (Lipinski definition) is 0. The van der Waals surface area contributed by atoms with E-state index in [0.29, 0.717) is 5.25 Å². The maximum Gasteiger partial charge on any atom is 0.184 e. The maximum atomic E-state index is 5.43. The van der Waals surface area contributed by atoms with E-state index in [4.69, 9.17) is 12.2 Å². The van der Waals surface area contributed by atoms with Gasteiger partial charge in [0.05, 0.1) is 5.69 Å². The van der Waals surface area contributed by atoms with Crippen LogP contribution in [0.2, 0.25) is 0 Å². The number of hydrogen-bond acceptors (Lipinski definition) is 4. The SMILES string of the molecule is C[C@@H](Sc1nn(-c2ccccc2)c(=S)s1)c1ccccc1. The minimum Gasteiger partial charge on any atom is -0.211 e. The van der Waals surface area contributed by atoms with Gasteiger partial charge in [-0.25, -0.2) is 4.68 Å². The molecule has 0 amide bonds. The van der Waals surface area contributed by atoms with E-state index in [1.54, 1.807) is 23.1 Å². The van der Waals surface area contributed by atoms with Crippen molar-refractivity contribution in [1.82, 2.24) is 9.78 Å². The zero-order valence-corrected chi connectivity index (χ0v) is 13.9. The summed E-state index contributed by atoms with van der Waals surface area (Å²) in [5.74, 6) is 0. The fraction of sp³-hybridized carbons (Fsp3) is 0.125. The highest BCUT2D eigenvalue weighted by atomic mass is 32.2. The minimum atomic E-state index is 0.357. The summed E-state index contributed by atoms with van der Waals surface area (Å²) < 4.78 is 3.62. The van der Waals surface area contributed by atoms with Crippen molar-refractivity contribution in [3.8, 4) is 5.69 Å². The van der Waals surface area contributed by atoms with E-state index in [-0.39, 0.29) is 0 Å². The quantitative estimate of drug-likeness (QED) is 0.463. The molecule has 0 saturated heterocycles. The molecule has 1 atom stereocenters. The highest BCUT2D eigenvalue weighted by Gasteiger charge is 2.12. The van der Waals surface area contributed by atoms with Crippen LogP contribution in [0.1, 0.15) is 17.7 Å². The van der Waals surface area contributed by atoms with E-state index in [1.165, 1.54) is 5.56 Å². The summed E-state index contributed by atoms with van der Waals surface area (Å²) in [4.78, 5) is 0. The normalized spacial score (nSPS) is 12.2. The van der Waals surface area contributed by atoms with Gasteiger partial charge in [0.1, 0.15) is 0 Å². The zero-order valence-electron chi connectivity index (χ0n) is 11.5. The lowest BCUT2D eigenvalue weighted by atomic mass is 10.2. The van der Waals surface area contributed by atoms with Crippen LogP contribution in [0.25, 0.3) is 5.69 Å². The number of thioether (sulfide) groups is 1. The third-order valence-electron chi connectivity index (χ3n) is 3.08. The maximum absolute atomic E-state index is 5.43. The Morgan fingerprint density at radius 3 is 2.33 bits per heavy atom. The van der Waals surface area contributed by atoms with Crippen molar-refractivity contribution in [1.29, 1.82) is 0 Å². The van der Waals surface area contributed by atoms with Gasteiger partial charge in [0.15, 0.2) is 8.29 Å². The van der Waals surface area contributed by atoms with Crippen LogP contribution in [0, 0.1) is 3.95 Å². The van der Waals surface area contributed by atoms with Crippen LogP contribution in [0.3, 0.4) is 0 Å². The standard InChI is InChI=1S/C16H14N2S3/c1-12(13-8-4-2-5-9-13)20-15-17-18(16(19)21-15)14-10-6-3-7-11-14/h2-12H,1H3/t12-/m1/s1. The van der Waals surface area contributed by atoms with Crippen molar-refractivity contribution in [2.75, 3.05) is 0 Å². The van der Waals surface area contributed by atoms with Crippen molar-refractivity contribution >= 4 is 35.3 Å². The number of rotatable bonds is 4. The number of aromatic nitrogens is 2. The van der Waals surface area contributed by atoms with Crippen LogP contribution >= 0.6 is 35.3 Å². The van der Waals surface area contributed by atoms with Crippen LogP contribution < -0.4 is 0 Å². The molecular weight excluding hydrogens is 316 g/mol. The van der Waals surface area contributed by atoms with E-state index in [1.807, 2.05) is 41.1 Å². The Balaban J connectivity index is 1.84. The van der Waals surface area contributed by atoms with Crippen molar-refractivity contribution in [3.63, 3.8) is 0 Å². The Morgan fingerprint density at radius 1 is 1.05 bits per heavy atom. The van der Waals surface area contributed by atoms with E-state index in [2.05, 4.69) is 36.3 Å². The lowest BCUT2D eigenvalue weighted by Crippen LogP contribution is -1.96. The van der Waals surface area contributed by atoms with E-state index in [0.717, 1.165) is 14.0 Å². The summed E-state index contributed by atoms with van der Waals surface area (Å²) in [5.41, 5.74) is 2.31. The van der Waals surface area contributed by atoms with Gasteiger partial charge < -0.3 is 0 Å². The first kappa shape index (κ1) is 14.5. The largest absolute Gasteiger partial charge is 0.211 e. The molecule has 0 aliphatic rings. The lowest BCUT2D eigenvalue weighted by Gasteiger charge is -2.08. The van der Waals surface area contributed by atoms with Gasteiger partial charge in [-0.05, 0) is 36.8 Å². The van der Waals surface area contributed by atoms with Crippen molar-refractivity contribution in [2.24, 2.45) is 0 Å². The molecular formula is C16H14N2S3. The summed E-state index contributed by atoms with van der Waals surface area (Å²) in [6.45, 7) is 2.19. The number of para-hydroxylation sites is 1. The van der Waals surface area contributed by atoms with Gasteiger partial charge in [0, 0.05) is 5.25 Å². The molecule has 106 valence electrons. The van der Waals surface area contributed by atoms with E-state index in [9.17, 15) is 0 Å². The predicted octanol–water partition coefficient (Wildman–Crippen LogP) is 5.52. The minimum absolute atomic E-state index is 0.357. The summed E-state index contributed by atoms with van der Waals surface area (Å²) >= 11 is 8.74. The fourth-order valence-corrected chi connectivity index (χ4v) is 4.62. The highest BCUT2D eigenvalue weighted by molar-refractivity contribution is 8.01. The van der Waals surface area contributed by atoms with Gasteiger partial charge in [-0.3, -0.25) is 0 Å². The molecule has 0 spiro atoms. The molecule has 3 aromatic rings. The molecule has 0 N–H and O–H groups in total. The monoisotopic (exact) mass is 330 g/mol. The first-order chi connectivity index (χ1) is 10.2. The molecule has 1 aromatic heterocycles. The average Bonchev–Trinajstić information content (AvgIpc) is 2.89. The molecule has 5 heteroatoms. The Kier molecular flexibility index (Phi) is 4.53. The molecule has 0 aliphatic carbocycles. The van der Waals surface area contributed by atoms with Crippen LogP contribution in [0.15, 0.2) is 65.0 Å². The summed E-state index contributed by atoms with van der Waals surface area (Å²) in [6, 6.07) is 20.5. The van der Waals surface area contributed by atoms with Crippen molar-refractivity contribution in [3.05, 3.63) is 70.2 Å². The molecule has 3 rings (SSSR count). The van der Waals surface area contributed by atoms with Crippen LogP contribution in [0.4, 0.5) is 0 Å². The Labute approximate surface area is 137 Å². The summed E-state index contributed by atoms with van der Waals surface area (Å²) in [7, 11) is 0. The average molecular weight is 331 g/mol. The summed E-state index contributed by atoms with van der Waals surface area (Å²) in [6.07, 6.45) is 0. The van der Waals surface area contributed by atoms with Gasteiger partial charge in [-0.15, -0.1) is 5.10 Å². The Hall–Kier alpha value is -1.43. The smallest absolute Gasteiger partial charge is 0.184 e. The molecule has 2 nitrogen and oxygen atoms in total. The Morgan fingerprint density at radius 2 is 1.67 bits per heavy atom. The molecule has 2 aromatic carbocycles.